The van der Waals surface area contributed by atoms with Crippen LogP contribution in [0.15, 0.2) is 4.63 Å². The minimum Gasteiger partial charge on any atom is -0.396 e. The lowest BCUT2D eigenvalue weighted by atomic mass is 10.0. The molecular weight excluding hydrogens is 212 g/mol. The summed E-state index contributed by atoms with van der Waals surface area (Å²) < 4.78 is 4.33. The van der Waals surface area contributed by atoms with Gasteiger partial charge in [0.05, 0.1) is 0 Å². The maximum absolute atomic E-state index is 11.7. The van der Waals surface area contributed by atoms with Gasteiger partial charge in [0.2, 0.25) is 11.5 Å². The zero-order chi connectivity index (χ0) is 12.1. The Hall–Kier alpha value is -1.63. The monoisotopic (exact) mass is 228 g/mol. The van der Waals surface area contributed by atoms with Gasteiger partial charge in [-0.3, -0.25) is 4.79 Å². The molecule has 16 heavy (non-hydrogen) atoms. The Labute approximate surface area is 93.0 Å². The Kier molecular flexibility index (Phi) is 4.24. The molecule has 0 saturated heterocycles. The van der Waals surface area contributed by atoms with Gasteiger partial charge in [-0.25, -0.2) is 4.63 Å². The van der Waals surface area contributed by atoms with Crippen molar-refractivity contribution < 1.29 is 14.5 Å². The number of carbonyl (C=O) groups excluding carboxylic acids is 1. The highest BCUT2D eigenvalue weighted by molar-refractivity contribution is 5.96. The van der Waals surface area contributed by atoms with Crippen molar-refractivity contribution in [1.29, 1.82) is 0 Å². The largest absolute Gasteiger partial charge is 0.396 e. The number of aromatic nitrogens is 2. The zero-order valence-corrected chi connectivity index (χ0v) is 9.30. The Bertz CT molecular complexity index is 350. The van der Waals surface area contributed by atoms with Crippen LogP contribution in [0.25, 0.3) is 0 Å². The second-order valence-electron chi connectivity index (χ2n) is 3.83. The molecule has 1 rings (SSSR count). The van der Waals surface area contributed by atoms with Crippen LogP contribution in [0.5, 0.6) is 0 Å². The van der Waals surface area contributed by atoms with Gasteiger partial charge in [-0.05, 0) is 22.7 Å². The maximum Gasteiger partial charge on any atom is 0.277 e. The second kappa shape index (κ2) is 5.45. The van der Waals surface area contributed by atoms with Gasteiger partial charge in [0.1, 0.15) is 0 Å². The molecule has 7 heteroatoms. The molecule has 0 aromatic carbocycles. The fraction of sp³-hybridized carbons (Fsp3) is 0.667. The minimum absolute atomic E-state index is 0.00960. The molecule has 0 bridgehead atoms. The topological polar surface area (TPSA) is 114 Å². The predicted octanol–water partition coefficient (Wildman–Crippen LogP) is -0.211. The van der Waals surface area contributed by atoms with E-state index in [4.69, 9.17) is 10.8 Å². The van der Waals surface area contributed by atoms with Gasteiger partial charge >= 0.3 is 0 Å². The smallest absolute Gasteiger partial charge is 0.277 e. The van der Waals surface area contributed by atoms with E-state index in [0.29, 0.717) is 6.42 Å². The van der Waals surface area contributed by atoms with Crippen molar-refractivity contribution in [2.75, 3.05) is 12.3 Å². The van der Waals surface area contributed by atoms with Gasteiger partial charge in [0, 0.05) is 12.6 Å². The van der Waals surface area contributed by atoms with E-state index in [-0.39, 0.29) is 30.1 Å². The lowest BCUT2D eigenvalue weighted by molar-refractivity contribution is 0.0907. The van der Waals surface area contributed by atoms with Crippen molar-refractivity contribution in [2.24, 2.45) is 5.92 Å². The van der Waals surface area contributed by atoms with Crippen LogP contribution in [0.2, 0.25) is 0 Å². The maximum atomic E-state index is 11.7. The van der Waals surface area contributed by atoms with Crippen LogP contribution in [0, 0.1) is 5.92 Å². The normalized spacial score (nSPS) is 12.8. The Morgan fingerprint density at radius 3 is 2.69 bits per heavy atom. The van der Waals surface area contributed by atoms with E-state index in [0.717, 1.165) is 0 Å². The first-order chi connectivity index (χ1) is 7.56. The van der Waals surface area contributed by atoms with Crippen molar-refractivity contribution in [1.82, 2.24) is 15.6 Å². The Morgan fingerprint density at radius 1 is 1.56 bits per heavy atom. The van der Waals surface area contributed by atoms with Crippen molar-refractivity contribution in [3.8, 4) is 0 Å². The van der Waals surface area contributed by atoms with Gasteiger partial charge in [-0.15, -0.1) is 0 Å². The molecule has 1 amide bonds. The highest BCUT2D eigenvalue weighted by Crippen LogP contribution is 2.09. The predicted molar refractivity (Wildman–Crippen MR) is 56.5 cm³/mol. The van der Waals surface area contributed by atoms with E-state index in [1.54, 1.807) is 0 Å². The third-order valence-corrected chi connectivity index (χ3v) is 2.29. The summed E-state index contributed by atoms with van der Waals surface area (Å²) in [5.41, 5.74) is 5.37. The molecule has 90 valence electrons. The molecule has 1 atom stereocenters. The summed E-state index contributed by atoms with van der Waals surface area (Å²) >= 11 is 0. The van der Waals surface area contributed by atoms with Gasteiger partial charge in [-0.1, -0.05) is 13.8 Å². The SMILES string of the molecule is CC(C)C(CCO)NC(=O)c1nonc1N. The average molecular weight is 228 g/mol. The van der Waals surface area contributed by atoms with Crippen LogP contribution >= 0.6 is 0 Å². The van der Waals surface area contributed by atoms with E-state index in [1.807, 2.05) is 13.8 Å². The molecule has 7 nitrogen and oxygen atoms in total. The molecule has 0 radical (unpaired) electrons. The standard InChI is InChI=1S/C9H16N4O3/c1-5(2)6(3-4-14)11-9(15)7-8(10)13-16-12-7/h5-6,14H,3-4H2,1-2H3,(H2,10,13)(H,11,15). The lowest BCUT2D eigenvalue weighted by Crippen LogP contribution is -2.39. The minimum atomic E-state index is -0.439. The molecule has 1 heterocycles. The second-order valence-corrected chi connectivity index (χ2v) is 3.83. The molecule has 0 spiro atoms. The van der Waals surface area contributed by atoms with Crippen LogP contribution in [0.1, 0.15) is 30.8 Å². The molecule has 1 aromatic heterocycles. The van der Waals surface area contributed by atoms with Gasteiger partial charge in [-0.2, -0.15) is 0 Å². The van der Waals surface area contributed by atoms with Crippen LogP contribution < -0.4 is 11.1 Å². The number of nitrogens with one attached hydrogen (secondary N) is 1. The van der Waals surface area contributed by atoms with E-state index in [2.05, 4.69) is 20.3 Å². The quantitative estimate of drug-likeness (QED) is 0.642. The summed E-state index contributed by atoms with van der Waals surface area (Å²) in [6.07, 6.45) is 0.481. The summed E-state index contributed by atoms with van der Waals surface area (Å²) in [5, 5.41) is 18.3. The summed E-state index contributed by atoms with van der Waals surface area (Å²) in [6.45, 7) is 3.91. The zero-order valence-electron chi connectivity index (χ0n) is 9.30. The van der Waals surface area contributed by atoms with Crippen molar-refractivity contribution >= 4 is 11.7 Å². The number of nitrogen functional groups attached to an aromatic ring is 1. The first-order valence-corrected chi connectivity index (χ1v) is 5.06. The van der Waals surface area contributed by atoms with Crippen LogP contribution in [-0.4, -0.2) is 34.0 Å². The molecule has 1 unspecified atom stereocenters. The molecule has 1 aromatic rings. The molecule has 0 fully saturated rings. The third kappa shape index (κ3) is 2.93. The van der Waals surface area contributed by atoms with E-state index in [9.17, 15) is 4.79 Å². The average Bonchev–Trinajstić information content (AvgIpc) is 2.63. The molecule has 0 saturated carbocycles. The summed E-state index contributed by atoms with van der Waals surface area (Å²) in [6, 6.07) is -0.131. The molecular formula is C9H16N4O3. The number of anilines is 1. The molecule has 0 aliphatic rings. The number of rotatable bonds is 5. The highest BCUT2D eigenvalue weighted by Gasteiger charge is 2.21. The van der Waals surface area contributed by atoms with Gasteiger partial charge < -0.3 is 16.2 Å². The first kappa shape index (κ1) is 12.4. The highest BCUT2D eigenvalue weighted by atomic mass is 16.6. The number of nitrogens with zero attached hydrogens (tertiary/aromatic N) is 2. The van der Waals surface area contributed by atoms with Crippen LogP contribution in [0.3, 0.4) is 0 Å². The summed E-state index contributed by atoms with van der Waals surface area (Å²) in [5.74, 6) is -0.271. The Balaban J connectivity index is 2.65. The number of aliphatic hydroxyl groups is 1. The number of nitrogens with two attached hydrogens (primary N) is 1. The number of amides is 1. The Morgan fingerprint density at radius 2 is 2.25 bits per heavy atom. The fourth-order valence-corrected chi connectivity index (χ4v) is 1.30. The first-order valence-electron chi connectivity index (χ1n) is 5.06. The number of hydrogen-bond donors (Lipinski definition) is 3. The summed E-state index contributed by atoms with van der Waals surface area (Å²) in [4.78, 5) is 11.7. The van der Waals surface area contributed by atoms with Crippen LogP contribution in [0.4, 0.5) is 5.82 Å². The molecule has 4 N–H and O–H groups in total. The van der Waals surface area contributed by atoms with Crippen molar-refractivity contribution in [2.45, 2.75) is 26.3 Å². The number of hydrogen-bond acceptors (Lipinski definition) is 6. The van der Waals surface area contributed by atoms with Crippen molar-refractivity contribution in [3.05, 3.63) is 5.69 Å². The van der Waals surface area contributed by atoms with E-state index < -0.39 is 5.91 Å². The van der Waals surface area contributed by atoms with E-state index in [1.165, 1.54) is 0 Å². The van der Waals surface area contributed by atoms with Gasteiger partial charge in [0.15, 0.2) is 0 Å². The number of aliphatic hydroxyl groups excluding tert-OH is 1. The fourth-order valence-electron chi connectivity index (χ4n) is 1.30. The third-order valence-electron chi connectivity index (χ3n) is 2.29. The van der Waals surface area contributed by atoms with E-state index >= 15 is 0 Å². The lowest BCUT2D eigenvalue weighted by Gasteiger charge is -2.20. The van der Waals surface area contributed by atoms with Gasteiger partial charge in [0.25, 0.3) is 5.91 Å². The van der Waals surface area contributed by atoms with Crippen molar-refractivity contribution in [3.63, 3.8) is 0 Å². The van der Waals surface area contributed by atoms with Crippen LogP contribution in [-0.2, 0) is 0 Å². The number of carbonyl (C=O) groups is 1. The summed E-state index contributed by atoms with van der Waals surface area (Å²) in [7, 11) is 0. The molecule has 0 aliphatic carbocycles. The molecule has 0 aliphatic heterocycles.